The molecule has 90 valence electrons. The molecule has 0 fully saturated rings. The summed E-state index contributed by atoms with van der Waals surface area (Å²) in [5.74, 6) is 0. The molecule has 2 rings (SSSR count). The summed E-state index contributed by atoms with van der Waals surface area (Å²) in [7, 11) is 0. The SMILES string of the molecule is Cc1ccccc1-c1n[nH]c(C(C)(C)C)c1Br. The molecule has 0 spiro atoms. The third-order valence-electron chi connectivity index (χ3n) is 2.86. The Labute approximate surface area is 111 Å². The van der Waals surface area contributed by atoms with Gasteiger partial charge in [0.05, 0.1) is 10.2 Å². The summed E-state index contributed by atoms with van der Waals surface area (Å²) in [5.41, 5.74) is 4.60. The summed E-state index contributed by atoms with van der Waals surface area (Å²) in [4.78, 5) is 0. The van der Waals surface area contributed by atoms with Crippen molar-refractivity contribution in [1.29, 1.82) is 0 Å². The first-order valence-electron chi connectivity index (χ1n) is 5.71. The molecule has 0 saturated heterocycles. The zero-order valence-corrected chi connectivity index (χ0v) is 12.2. The van der Waals surface area contributed by atoms with Crippen molar-refractivity contribution in [3.05, 3.63) is 40.0 Å². The van der Waals surface area contributed by atoms with Crippen LogP contribution in [0.15, 0.2) is 28.7 Å². The number of benzene rings is 1. The number of aryl methyl sites for hydroxylation is 1. The molecule has 0 saturated carbocycles. The molecule has 0 amide bonds. The van der Waals surface area contributed by atoms with Gasteiger partial charge < -0.3 is 0 Å². The Bertz CT molecular complexity index is 535. The first-order chi connectivity index (χ1) is 7.91. The van der Waals surface area contributed by atoms with Crippen LogP contribution in [0.5, 0.6) is 0 Å². The van der Waals surface area contributed by atoms with Crippen molar-refractivity contribution >= 4 is 15.9 Å². The number of aromatic amines is 1. The summed E-state index contributed by atoms with van der Waals surface area (Å²) < 4.78 is 1.07. The van der Waals surface area contributed by atoms with E-state index in [1.54, 1.807) is 0 Å². The maximum absolute atomic E-state index is 4.44. The van der Waals surface area contributed by atoms with E-state index in [1.807, 2.05) is 12.1 Å². The minimum absolute atomic E-state index is 0.0623. The predicted molar refractivity (Wildman–Crippen MR) is 75.2 cm³/mol. The van der Waals surface area contributed by atoms with E-state index in [4.69, 9.17) is 0 Å². The zero-order chi connectivity index (χ0) is 12.6. The first kappa shape index (κ1) is 12.4. The van der Waals surface area contributed by atoms with Gasteiger partial charge in [-0.25, -0.2) is 0 Å². The second-order valence-corrected chi connectivity index (χ2v) is 6.12. The number of halogens is 1. The van der Waals surface area contributed by atoms with Gasteiger partial charge in [-0.1, -0.05) is 45.0 Å². The largest absolute Gasteiger partial charge is 0.280 e. The second-order valence-electron chi connectivity index (χ2n) is 5.33. The number of rotatable bonds is 1. The first-order valence-corrected chi connectivity index (χ1v) is 6.51. The summed E-state index contributed by atoms with van der Waals surface area (Å²) in [6.07, 6.45) is 0. The highest BCUT2D eigenvalue weighted by Crippen LogP contribution is 2.35. The van der Waals surface area contributed by atoms with Crippen LogP contribution in [0.3, 0.4) is 0 Å². The molecule has 0 aliphatic rings. The molecule has 0 unspecified atom stereocenters. The fourth-order valence-corrected chi connectivity index (χ4v) is 2.83. The highest BCUT2D eigenvalue weighted by atomic mass is 79.9. The van der Waals surface area contributed by atoms with Crippen molar-refractivity contribution in [2.75, 3.05) is 0 Å². The van der Waals surface area contributed by atoms with Crippen LogP contribution in [0.4, 0.5) is 0 Å². The van der Waals surface area contributed by atoms with Crippen molar-refractivity contribution < 1.29 is 0 Å². The van der Waals surface area contributed by atoms with E-state index in [0.29, 0.717) is 0 Å². The summed E-state index contributed by atoms with van der Waals surface area (Å²) in [6.45, 7) is 8.62. The lowest BCUT2D eigenvalue weighted by Gasteiger charge is -2.16. The van der Waals surface area contributed by atoms with Gasteiger partial charge in [0.1, 0.15) is 5.69 Å². The van der Waals surface area contributed by atoms with Gasteiger partial charge in [-0.05, 0) is 28.4 Å². The molecular formula is C14H17BrN2. The molecule has 3 heteroatoms. The van der Waals surface area contributed by atoms with E-state index >= 15 is 0 Å². The van der Waals surface area contributed by atoms with Gasteiger partial charge in [-0.3, -0.25) is 5.10 Å². The van der Waals surface area contributed by atoms with Crippen LogP contribution in [-0.2, 0) is 5.41 Å². The maximum atomic E-state index is 4.44. The molecular weight excluding hydrogens is 276 g/mol. The molecule has 2 nitrogen and oxygen atoms in total. The van der Waals surface area contributed by atoms with E-state index in [1.165, 1.54) is 11.1 Å². The molecule has 17 heavy (non-hydrogen) atoms. The molecule has 0 aliphatic carbocycles. The molecule has 2 aromatic rings. The average molecular weight is 293 g/mol. The van der Waals surface area contributed by atoms with Crippen LogP contribution in [0.1, 0.15) is 32.0 Å². The minimum atomic E-state index is 0.0623. The molecule has 0 atom stereocenters. The van der Waals surface area contributed by atoms with Gasteiger partial charge in [-0.2, -0.15) is 5.10 Å². The van der Waals surface area contributed by atoms with Crippen LogP contribution >= 0.6 is 15.9 Å². The summed E-state index contributed by atoms with van der Waals surface area (Å²) in [6, 6.07) is 8.29. The van der Waals surface area contributed by atoms with E-state index < -0.39 is 0 Å². The standard InChI is InChI=1S/C14H17BrN2/c1-9-7-5-6-8-10(9)12-11(15)13(17-16-12)14(2,3)4/h5-8H,1-4H3,(H,16,17). The number of H-pyrrole nitrogens is 1. The molecule has 1 aromatic heterocycles. The Morgan fingerprint density at radius 2 is 1.82 bits per heavy atom. The van der Waals surface area contributed by atoms with E-state index in [9.17, 15) is 0 Å². The molecule has 0 bridgehead atoms. The van der Waals surface area contributed by atoms with Crippen LogP contribution in [-0.4, -0.2) is 10.2 Å². The Kier molecular flexibility index (Phi) is 3.13. The van der Waals surface area contributed by atoms with Gasteiger partial charge in [-0.15, -0.1) is 0 Å². The Morgan fingerprint density at radius 1 is 1.18 bits per heavy atom. The lowest BCUT2D eigenvalue weighted by Crippen LogP contribution is -2.12. The van der Waals surface area contributed by atoms with Crippen LogP contribution < -0.4 is 0 Å². The van der Waals surface area contributed by atoms with Crippen molar-refractivity contribution in [2.45, 2.75) is 33.1 Å². The van der Waals surface area contributed by atoms with Crippen molar-refractivity contribution in [1.82, 2.24) is 10.2 Å². The van der Waals surface area contributed by atoms with Gasteiger partial charge in [0.15, 0.2) is 0 Å². The molecule has 0 radical (unpaired) electrons. The molecule has 1 N–H and O–H groups in total. The topological polar surface area (TPSA) is 28.7 Å². The maximum Gasteiger partial charge on any atom is 0.107 e. The normalized spacial score (nSPS) is 11.8. The van der Waals surface area contributed by atoms with Crippen molar-refractivity contribution in [3.63, 3.8) is 0 Å². The average Bonchev–Trinajstić information content (AvgIpc) is 2.60. The lowest BCUT2D eigenvalue weighted by molar-refractivity contribution is 0.564. The fourth-order valence-electron chi connectivity index (χ4n) is 1.84. The highest BCUT2D eigenvalue weighted by Gasteiger charge is 2.23. The van der Waals surface area contributed by atoms with Crippen LogP contribution in [0, 0.1) is 6.92 Å². The van der Waals surface area contributed by atoms with E-state index in [0.717, 1.165) is 15.9 Å². The fraction of sp³-hybridized carbons (Fsp3) is 0.357. The number of nitrogens with zero attached hydrogens (tertiary/aromatic N) is 1. The van der Waals surface area contributed by atoms with Gasteiger partial charge in [0, 0.05) is 11.0 Å². The number of hydrogen-bond acceptors (Lipinski definition) is 1. The van der Waals surface area contributed by atoms with Gasteiger partial charge in [0.2, 0.25) is 0 Å². The highest BCUT2D eigenvalue weighted by molar-refractivity contribution is 9.10. The van der Waals surface area contributed by atoms with Crippen molar-refractivity contribution in [2.24, 2.45) is 0 Å². The summed E-state index contributed by atoms with van der Waals surface area (Å²) in [5, 5.41) is 7.58. The Morgan fingerprint density at radius 3 is 2.35 bits per heavy atom. The summed E-state index contributed by atoms with van der Waals surface area (Å²) >= 11 is 3.66. The Hall–Kier alpha value is -1.09. The number of hydrogen-bond donors (Lipinski definition) is 1. The third-order valence-corrected chi connectivity index (χ3v) is 3.63. The van der Waals surface area contributed by atoms with Gasteiger partial charge >= 0.3 is 0 Å². The molecule has 1 aromatic carbocycles. The molecule has 1 heterocycles. The lowest BCUT2D eigenvalue weighted by atomic mass is 9.91. The quantitative estimate of drug-likeness (QED) is 0.827. The van der Waals surface area contributed by atoms with Gasteiger partial charge in [0.25, 0.3) is 0 Å². The van der Waals surface area contributed by atoms with Crippen molar-refractivity contribution in [3.8, 4) is 11.3 Å². The molecule has 0 aliphatic heterocycles. The van der Waals surface area contributed by atoms with Crippen LogP contribution in [0.25, 0.3) is 11.3 Å². The number of aromatic nitrogens is 2. The third kappa shape index (κ3) is 2.29. The second kappa shape index (κ2) is 4.30. The number of nitrogens with one attached hydrogen (secondary N) is 1. The zero-order valence-electron chi connectivity index (χ0n) is 10.6. The van der Waals surface area contributed by atoms with E-state index in [-0.39, 0.29) is 5.41 Å². The Balaban J connectivity index is 2.56. The van der Waals surface area contributed by atoms with E-state index in [2.05, 4.69) is 66.0 Å². The smallest absolute Gasteiger partial charge is 0.107 e. The predicted octanol–water partition coefficient (Wildman–Crippen LogP) is 4.45. The monoisotopic (exact) mass is 292 g/mol. The minimum Gasteiger partial charge on any atom is -0.280 e. The van der Waals surface area contributed by atoms with Crippen LogP contribution in [0.2, 0.25) is 0 Å².